The SMILES string of the molecule is CC1c2ccsc2CCN1CCC(=O)c1ccc(Cl)cc1. The van der Waals surface area contributed by atoms with Crippen LogP contribution in [0.4, 0.5) is 0 Å². The predicted molar refractivity (Wildman–Crippen MR) is 88.4 cm³/mol. The number of thiophene rings is 1. The van der Waals surface area contributed by atoms with E-state index in [0.29, 0.717) is 17.5 Å². The Bertz CT molecular complexity index is 634. The van der Waals surface area contributed by atoms with E-state index in [-0.39, 0.29) is 5.78 Å². The largest absolute Gasteiger partial charge is 0.296 e. The summed E-state index contributed by atoms with van der Waals surface area (Å²) in [6.45, 7) is 4.10. The molecule has 1 atom stereocenters. The molecule has 0 saturated carbocycles. The van der Waals surface area contributed by atoms with Gasteiger partial charge in [0.05, 0.1) is 0 Å². The Kier molecular flexibility index (Phi) is 4.43. The minimum Gasteiger partial charge on any atom is -0.296 e. The van der Waals surface area contributed by atoms with Crippen molar-refractivity contribution in [3.05, 3.63) is 56.7 Å². The second-order valence-electron chi connectivity index (χ2n) is 5.44. The summed E-state index contributed by atoms with van der Waals surface area (Å²) < 4.78 is 0. The summed E-state index contributed by atoms with van der Waals surface area (Å²) in [4.78, 5) is 16.1. The topological polar surface area (TPSA) is 20.3 Å². The van der Waals surface area contributed by atoms with Gasteiger partial charge in [-0.15, -0.1) is 11.3 Å². The van der Waals surface area contributed by atoms with Crippen LogP contribution in [0.25, 0.3) is 0 Å². The molecule has 2 aromatic rings. The van der Waals surface area contributed by atoms with E-state index in [1.165, 1.54) is 10.4 Å². The Labute approximate surface area is 134 Å². The maximum Gasteiger partial charge on any atom is 0.164 e. The normalized spacial score (nSPS) is 18.5. The number of nitrogens with zero attached hydrogens (tertiary/aromatic N) is 1. The number of carbonyl (C=O) groups excluding carboxylic acids is 1. The molecule has 1 aliphatic rings. The number of hydrogen-bond acceptors (Lipinski definition) is 3. The molecule has 1 aromatic carbocycles. The van der Waals surface area contributed by atoms with E-state index in [0.717, 1.165) is 25.1 Å². The smallest absolute Gasteiger partial charge is 0.164 e. The molecule has 0 N–H and O–H groups in total. The van der Waals surface area contributed by atoms with Crippen LogP contribution in [0.2, 0.25) is 5.02 Å². The molecule has 4 heteroatoms. The lowest BCUT2D eigenvalue weighted by molar-refractivity contribution is 0.0950. The zero-order chi connectivity index (χ0) is 14.8. The van der Waals surface area contributed by atoms with Crippen LogP contribution < -0.4 is 0 Å². The average molecular weight is 320 g/mol. The first-order chi connectivity index (χ1) is 10.1. The molecule has 1 unspecified atom stereocenters. The lowest BCUT2D eigenvalue weighted by Gasteiger charge is -2.33. The summed E-state index contributed by atoms with van der Waals surface area (Å²) in [5, 5.41) is 2.84. The third kappa shape index (κ3) is 3.20. The third-order valence-electron chi connectivity index (χ3n) is 4.20. The number of ketones is 1. The second-order valence-corrected chi connectivity index (χ2v) is 6.88. The fourth-order valence-electron chi connectivity index (χ4n) is 2.89. The van der Waals surface area contributed by atoms with Gasteiger partial charge in [0.25, 0.3) is 0 Å². The van der Waals surface area contributed by atoms with Crippen LogP contribution in [0.5, 0.6) is 0 Å². The predicted octanol–water partition coefficient (Wildman–Crippen LogP) is 4.59. The van der Waals surface area contributed by atoms with Crippen molar-refractivity contribution in [3.63, 3.8) is 0 Å². The van der Waals surface area contributed by atoms with Gasteiger partial charge in [-0.2, -0.15) is 0 Å². The first-order valence-corrected chi connectivity index (χ1v) is 8.50. The number of carbonyl (C=O) groups is 1. The molecule has 110 valence electrons. The van der Waals surface area contributed by atoms with Gasteiger partial charge >= 0.3 is 0 Å². The molecule has 1 aliphatic heterocycles. The van der Waals surface area contributed by atoms with Crippen LogP contribution >= 0.6 is 22.9 Å². The van der Waals surface area contributed by atoms with E-state index in [9.17, 15) is 4.79 Å². The molecule has 2 heterocycles. The maximum atomic E-state index is 12.2. The van der Waals surface area contributed by atoms with Gasteiger partial charge in [0, 0.05) is 41.0 Å². The maximum absolute atomic E-state index is 12.2. The van der Waals surface area contributed by atoms with E-state index in [1.807, 2.05) is 11.3 Å². The zero-order valence-corrected chi connectivity index (χ0v) is 13.6. The van der Waals surface area contributed by atoms with Crippen LogP contribution in [0.1, 0.15) is 40.2 Å². The molecule has 3 rings (SSSR count). The lowest BCUT2D eigenvalue weighted by Crippen LogP contribution is -2.34. The minimum atomic E-state index is 0.190. The monoisotopic (exact) mass is 319 g/mol. The van der Waals surface area contributed by atoms with Gasteiger partial charge < -0.3 is 0 Å². The van der Waals surface area contributed by atoms with Crippen molar-refractivity contribution in [1.82, 2.24) is 4.90 Å². The minimum absolute atomic E-state index is 0.190. The quantitative estimate of drug-likeness (QED) is 0.768. The van der Waals surface area contributed by atoms with Crippen LogP contribution in [0.15, 0.2) is 35.7 Å². The van der Waals surface area contributed by atoms with E-state index in [2.05, 4.69) is 23.3 Å². The van der Waals surface area contributed by atoms with Crippen molar-refractivity contribution in [2.24, 2.45) is 0 Å². The van der Waals surface area contributed by atoms with Crippen molar-refractivity contribution in [1.29, 1.82) is 0 Å². The summed E-state index contributed by atoms with van der Waals surface area (Å²) in [6, 6.07) is 9.80. The van der Waals surface area contributed by atoms with Crippen LogP contribution in [0.3, 0.4) is 0 Å². The number of benzene rings is 1. The number of Topliss-reactive ketones (excluding diaryl/α,β-unsaturated/α-hetero) is 1. The van der Waals surface area contributed by atoms with Crippen molar-refractivity contribution in [2.45, 2.75) is 25.8 Å². The van der Waals surface area contributed by atoms with Gasteiger partial charge in [-0.3, -0.25) is 9.69 Å². The van der Waals surface area contributed by atoms with E-state index >= 15 is 0 Å². The second kappa shape index (κ2) is 6.30. The molecule has 2 nitrogen and oxygen atoms in total. The Morgan fingerprint density at radius 1 is 1.33 bits per heavy atom. The van der Waals surface area contributed by atoms with Crippen molar-refractivity contribution >= 4 is 28.7 Å². The Morgan fingerprint density at radius 3 is 2.86 bits per heavy atom. The fourth-order valence-corrected chi connectivity index (χ4v) is 3.98. The van der Waals surface area contributed by atoms with E-state index in [1.54, 1.807) is 24.3 Å². The van der Waals surface area contributed by atoms with Crippen LogP contribution in [-0.4, -0.2) is 23.8 Å². The average Bonchev–Trinajstić information content (AvgIpc) is 2.96. The van der Waals surface area contributed by atoms with Crippen LogP contribution in [0, 0.1) is 0 Å². The van der Waals surface area contributed by atoms with Gasteiger partial charge in [-0.1, -0.05) is 11.6 Å². The van der Waals surface area contributed by atoms with Crippen molar-refractivity contribution in [3.8, 4) is 0 Å². The molecule has 0 radical (unpaired) electrons. The summed E-state index contributed by atoms with van der Waals surface area (Å²) in [5.41, 5.74) is 2.19. The first-order valence-electron chi connectivity index (χ1n) is 7.24. The Morgan fingerprint density at radius 2 is 2.10 bits per heavy atom. The highest BCUT2D eigenvalue weighted by molar-refractivity contribution is 7.10. The molecular weight excluding hydrogens is 302 g/mol. The van der Waals surface area contributed by atoms with Gasteiger partial charge in [0.2, 0.25) is 0 Å². The summed E-state index contributed by atoms with van der Waals surface area (Å²) in [7, 11) is 0. The Hall–Kier alpha value is -1.16. The molecule has 0 bridgehead atoms. The molecule has 0 amide bonds. The molecular formula is C17H18ClNOS. The number of halogens is 1. The highest BCUT2D eigenvalue weighted by Gasteiger charge is 2.24. The molecule has 0 saturated heterocycles. The van der Waals surface area contributed by atoms with Crippen molar-refractivity contribution < 1.29 is 4.79 Å². The summed E-state index contributed by atoms with van der Waals surface area (Å²) >= 11 is 7.70. The number of hydrogen-bond donors (Lipinski definition) is 0. The van der Waals surface area contributed by atoms with E-state index in [4.69, 9.17) is 11.6 Å². The lowest BCUT2D eigenvalue weighted by atomic mass is 10.0. The summed E-state index contributed by atoms with van der Waals surface area (Å²) in [6.07, 6.45) is 1.66. The number of fused-ring (bicyclic) bond motifs is 1. The third-order valence-corrected chi connectivity index (χ3v) is 5.44. The van der Waals surface area contributed by atoms with Gasteiger partial charge in [0.1, 0.15) is 0 Å². The highest BCUT2D eigenvalue weighted by atomic mass is 35.5. The van der Waals surface area contributed by atoms with Crippen LogP contribution in [-0.2, 0) is 6.42 Å². The van der Waals surface area contributed by atoms with Gasteiger partial charge in [0.15, 0.2) is 5.78 Å². The summed E-state index contributed by atoms with van der Waals surface area (Å²) in [5.74, 6) is 0.190. The van der Waals surface area contributed by atoms with E-state index < -0.39 is 0 Å². The molecule has 0 spiro atoms. The van der Waals surface area contributed by atoms with Gasteiger partial charge in [-0.05, 0) is 54.6 Å². The molecule has 21 heavy (non-hydrogen) atoms. The fraction of sp³-hybridized carbons (Fsp3) is 0.353. The standard InChI is InChI=1S/C17H18ClNOS/c1-12-15-8-11-21-17(15)7-10-19(12)9-6-16(20)13-2-4-14(18)5-3-13/h2-5,8,11-12H,6-7,9-10H2,1H3. The van der Waals surface area contributed by atoms with Gasteiger partial charge in [-0.25, -0.2) is 0 Å². The molecule has 0 aliphatic carbocycles. The molecule has 1 aromatic heterocycles. The zero-order valence-electron chi connectivity index (χ0n) is 12.0. The number of rotatable bonds is 4. The first kappa shape index (κ1) is 14.8. The van der Waals surface area contributed by atoms with Crippen molar-refractivity contribution in [2.75, 3.05) is 13.1 Å². The Balaban J connectivity index is 1.61. The highest BCUT2D eigenvalue weighted by Crippen LogP contribution is 2.32. The molecule has 0 fully saturated rings.